The SMILES string of the molecule is N#CCC[S+]([O-])c1cccc(-c2cc3nc(-c4cccc(N)c4C=N)nc(N4CCCCC4)c3s2)c1. The molecule has 9 heteroatoms. The number of rotatable bonds is 7. The standard InChI is InChI=1S/C27H26N6OS2/c28-11-6-14-36(34)19-8-4-7-18(15-19)24-16-23-25(35-24)27(33-12-2-1-3-13-33)32-26(31-23)20-9-5-10-22(30)21(20)17-29/h4-5,7-10,15-17,29H,1-3,6,12-14,30H2. The monoisotopic (exact) mass is 514 g/mol. The summed E-state index contributed by atoms with van der Waals surface area (Å²) < 4.78 is 13.6. The quantitative estimate of drug-likeness (QED) is 0.187. The van der Waals surface area contributed by atoms with Crippen LogP contribution in [0.3, 0.4) is 0 Å². The Hall–Kier alpha value is -3.45. The third-order valence-corrected chi connectivity index (χ3v) is 8.84. The van der Waals surface area contributed by atoms with Crippen LogP contribution in [0.5, 0.6) is 0 Å². The first-order chi connectivity index (χ1) is 17.6. The third-order valence-electron chi connectivity index (χ3n) is 6.32. The van der Waals surface area contributed by atoms with E-state index in [2.05, 4.69) is 17.0 Å². The average Bonchev–Trinajstić information content (AvgIpc) is 3.36. The molecule has 3 heterocycles. The predicted octanol–water partition coefficient (Wildman–Crippen LogP) is 5.62. The van der Waals surface area contributed by atoms with Crippen molar-refractivity contribution in [3.8, 4) is 27.9 Å². The van der Waals surface area contributed by atoms with E-state index >= 15 is 0 Å². The van der Waals surface area contributed by atoms with Crippen LogP contribution in [-0.4, -0.2) is 39.6 Å². The van der Waals surface area contributed by atoms with Crippen LogP contribution >= 0.6 is 11.3 Å². The molecule has 4 aromatic rings. The lowest BCUT2D eigenvalue weighted by atomic mass is 10.1. The third kappa shape index (κ3) is 4.80. The van der Waals surface area contributed by atoms with Crippen LogP contribution < -0.4 is 10.6 Å². The first kappa shape index (κ1) is 24.3. The second kappa shape index (κ2) is 10.7. The highest BCUT2D eigenvalue weighted by atomic mass is 32.2. The first-order valence-corrected chi connectivity index (χ1v) is 14.0. The fourth-order valence-electron chi connectivity index (χ4n) is 4.48. The Balaban J connectivity index is 1.63. The average molecular weight is 515 g/mol. The largest absolute Gasteiger partial charge is 0.611 e. The van der Waals surface area contributed by atoms with E-state index in [0.717, 1.165) is 62.9 Å². The normalized spacial score (nSPS) is 14.5. The van der Waals surface area contributed by atoms with Crippen LogP contribution in [0.1, 0.15) is 31.2 Å². The van der Waals surface area contributed by atoms with Crippen molar-refractivity contribution in [2.45, 2.75) is 30.6 Å². The number of fused-ring (bicyclic) bond motifs is 1. The van der Waals surface area contributed by atoms with Gasteiger partial charge in [0, 0.05) is 47.1 Å². The van der Waals surface area contributed by atoms with Crippen molar-refractivity contribution in [1.82, 2.24) is 9.97 Å². The molecule has 3 N–H and O–H groups in total. The zero-order valence-electron chi connectivity index (χ0n) is 19.7. The number of hydrogen-bond donors (Lipinski definition) is 2. The molecule has 2 aromatic carbocycles. The van der Waals surface area contributed by atoms with Crippen molar-refractivity contribution in [1.29, 1.82) is 10.7 Å². The number of nitrogens with two attached hydrogens (primary N) is 1. The number of nitriles is 1. The predicted molar refractivity (Wildman–Crippen MR) is 148 cm³/mol. The number of benzene rings is 2. The molecule has 0 saturated carbocycles. The van der Waals surface area contributed by atoms with Gasteiger partial charge in [-0.1, -0.05) is 24.3 Å². The summed E-state index contributed by atoms with van der Waals surface area (Å²) in [6.07, 6.45) is 4.99. The highest BCUT2D eigenvalue weighted by molar-refractivity contribution is 7.91. The Kier molecular flexibility index (Phi) is 7.18. The molecule has 1 aliphatic heterocycles. The number of aromatic nitrogens is 2. The van der Waals surface area contributed by atoms with Crippen molar-refractivity contribution in [3.05, 3.63) is 54.1 Å². The zero-order valence-corrected chi connectivity index (χ0v) is 21.4. The van der Waals surface area contributed by atoms with Gasteiger partial charge in [-0.05, 0) is 54.2 Å². The molecular formula is C27H26N6OS2. The summed E-state index contributed by atoms with van der Waals surface area (Å²) >= 11 is 0.423. The molecule has 1 fully saturated rings. The van der Waals surface area contributed by atoms with Crippen LogP contribution in [0.4, 0.5) is 11.5 Å². The topological polar surface area (TPSA) is 126 Å². The number of anilines is 2. The fourth-order valence-corrected chi connectivity index (χ4v) is 6.60. The highest BCUT2D eigenvalue weighted by Gasteiger charge is 2.22. The molecular weight excluding hydrogens is 488 g/mol. The number of piperidine rings is 1. The maximum atomic E-state index is 12.6. The van der Waals surface area contributed by atoms with Gasteiger partial charge in [0.2, 0.25) is 0 Å². The Morgan fingerprint density at radius 2 is 1.94 bits per heavy atom. The van der Waals surface area contributed by atoms with Gasteiger partial charge >= 0.3 is 0 Å². The molecule has 0 radical (unpaired) electrons. The maximum absolute atomic E-state index is 12.6. The summed E-state index contributed by atoms with van der Waals surface area (Å²) in [5.74, 6) is 1.80. The molecule has 0 amide bonds. The van der Waals surface area contributed by atoms with Gasteiger partial charge in [0.1, 0.15) is 5.75 Å². The lowest BCUT2D eigenvalue weighted by molar-refractivity contribution is 0.575. The minimum absolute atomic E-state index is 0.263. The van der Waals surface area contributed by atoms with E-state index in [1.54, 1.807) is 17.4 Å². The first-order valence-electron chi connectivity index (χ1n) is 11.9. The Morgan fingerprint density at radius 3 is 2.72 bits per heavy atom. The summed E-state index contributed by atoms with van der Waals surface area (Å²) in [7, 11) is 0. The van der Waals surface area contributed by atoms with Gasteiger partial charge in [-0.15, -0.1) is 11.3 Å². The molecule has 7 nitrogen and oxygen atoms in total. The van der Waals surface area contributed by atoms with Gasteiger partial charge in [0.05, 0.1) is 22.7 Å². The second-order valence-corrected chi connectivity index (χ2v) is 11.3. The summed E-state index contributed by atoms with van der Waals surface area (Å²) in [6, 6.07) is 17.4. The van der Waals surface area contributed by atoms with E-state index in [-0.39, 0.29) is 6.42 Å². The van der Waals surface area contributed by atoms with Crippen LogP contribution in [0.25, 0.3) is 32.0 Å². The number of nitrogen functional groups attached to an aromatic ring is 1. The Bertz CT molecular complexity index is 1450. The summed E-state index contributed by atoms with van der Waals surface area (Å²) in [6.45, 7) is 1.89. The van der Waals surface area contributed by atoms with Crippen LogP contribution in [0.15, 0.2) is 53.4 Å². The molecule has 0 spiro atoms. The molecule has 0 aliphatic carbocycles. The van der Waals surface area contributed by atoms with Crippen LogP contribution in [0, 0.1) is 16.7 Å². The van der Waals surface area contributed by atoms with Crippen molar-refractivity contribution in [2.24, 2.45) is 0 Å². The van der Waals surface area contributed by atoms with E-state index in [9.17, 15) is 4.55 Å². The second-order valence-electron chi connectivity index (χ2n) is 8.68. The number of hydrogen-bond acceptors (Lipinski definition) is 8. The highest BCUT2D eigenvalue weighted by Crippen LogP contribution is 2.40. The maximum Gasteiger partial charge on any atom is 0.162 e. The molecule has 5 rings (SSSR count). The minimum atomic E-state index is -1.22. The van der Waals surface area contributed by atoms with Crippen molar-refractivity contribution in [2.75, 3.05) is 29.5 Å². The van der Waals surface area contributed by atoms with Gasteiger partial charge in [0.25, 0.3) is 0 Å². The molecule has 182 valence electrons. The molecule has 1 aliphatic rings. The summed E-state index contributed by atoms with van der Waals surface area (Å²) in [5.41, 5.74) is 9.85. The number of thiophene rings is 1. The van der Waals surface area contributed by atoms with Crippen molar-refractivity contribution in [3.63, 3.8) is 0 Å². The molecule has 0 bridgehead atoms. The number of nitrogens with one attached hydrogen (secondary N) is 1. The van der Waals surface area contributed by atoms with Crippen LogP contribution in [-0.2, 0) is 11.2 Å². The summed E-state index contributed by atoms with van der Waals surface area (Å²) in [4.78, 5) is 14.0. The number of nitrogens with zero attached hydrogens (tertiary/aromatic N) is 4. The van der Waals surface area contributed by atoms with Crippen LogP contribution in [0.2, 0.25) is 0 Å². The fraction of sp³-hybridized carbons (Fsp3) is 0.259. The van der Waals surface area contributed by atoms with Crippen molar-refractivity contribution >= 4 is 50.4 Å². The van der Waals surface area contributed by atoms with Gasteiger partial charge in [-0.25, -0.2) is 9.97 Å². The molecule has 1 saturated heterocycles. The lowest BCUT2D eigenvalue weighted by Gasteiger charge is -2.28. The van der Waals surface area contributed by atoms with E-state index in [1.165, 1.54) is 12.6 Å². The molecule has 2 aromatic heterocycles. The lowest BCUT2D eigenvalue weighted by Crippen LogP contribution is -2.30. The Labute approximate surface area is 217 Å². The van der Waals surface area contributed by atoms with E-state index < -0.39 is 11.2 Å². The van der Waals surface area contributed by atoms with Crippen molar-refractivity contribution < 1.29 is 4.55 Å². The van der Waals surface area contributed by atoms with Gasteiger partial charge < -0.3 is 20.6 Å². The van der Waals surface area contributed by atoms with Gasteiger partial charge in [-0.2, -0.15) is 5.26 Å². The smallest absolute Gasteiger partial charge is 0.162 e. The Morgan fingerprint density at radius 1 is 1.14 bits per heavy atom. The molecule has 36 heavy (non-hydrogen) atoms. The van der Waals surface area contributed by atoms with Gasteiger partial charge in [-0.3, -0.25) is 0 Å². The molecule has 1 unspecified atom stereocenters. The minimum Gasteiger partial charge on any atom is -0.611 e. The van der Waals surface area contributed by atoms with Gasteiger partial charge in [0.15, 0.2) is 16.5 Å². The summed E-state index contributed by atoms with van der Waals surface area (Å²) in [5, 5.41) is 16.7. The van der Waals surface area contributed by atoms with E-state index in [4.69, 9.17) is 26.4 Å². The molecule has 1 atom stereocenters. The van der Waals surface area contributed by atoms with E-state index in [0.29, 0.717) is 22.8 Å². The van der Waals surface area contributed by atoms with E-state index in [1.807, 2.05) is 36.4 Å². The zero-order chi connectivity index (χ0) is 25.1.